The SMILES string of the molecule is CC(C)n1cc(Nc2cc(N)ccn2)cn1. The van der Waals surface area contributed by atoms with Gasteiger partial charge in [0, 0.05) is 30.2 Å². The number of nitrogens with zero attached hydrogens (tertiary/aromatic N) is 3. The van der Waals surface area contributed by atoms with Crippen molar-refractivity contribution in [1.29, 1.82) is 0 Å². The standard InChI is InChI=1S/C11H15N5/c1-8(2)16-7-10(6-14-16)15-11-5-9(12)3-4-13-11/h3-8H,1-2H3,(H3,12,13,15). The molecular weight excluding hydrogens is 202 g/mol. The van der Waals surface area contributed by atoms with Gasteiger partial charge in [-0.2, -0.15) is 5.10 Å². The van der Waals surface area contributed by atoms with E-state index in [0.29, 0.717) is 11.7 Å². The van der Waals surface area contributed by atoms with Crippen LogP contribution in [0.1, 0.15) is 19.9 Å². The molecule has 0 aliphatic rings. The van der Waals surface area contributed by atoms with Gasteiger partial charge in [-0.3, -0.25) is 4.68 Å². The summed E-state index contributed by atoms with van der Waals surface area (Å²) >= 11 is 0. The fourth-order valence-electron chi connectivity index (χ4n) is 1.35. The molecule has 0 aliphatic carbocycles. The first kappa shape index (κ1) is 10.5. The third-order valence-corrected chi connectivity index (χ3v) is 2.19. The summed E-state index contributed by atoms with van der Waals surface area (Å²) in [5.41, 5.74) is 7.26. The number of rotatable bonds is 3. The Hall–Kier alpha value is -2.04. The molecular formula is C11H15N5. The van der Waals surface area contributed by atoms with Gasteiger partial charge < -0.3 is 11.1 Å². The number of nitrogen functional groups attached to an aromatic ring is 1. The molecule has 0 bridgehead atoms. The molecule has 0 atom stereocenters. The first-order chi connectivity index (χ1) is 7.65. The van der Waals surface area contributed by atoms with E-state index in [2.05, 4.69) is 29.2 Å². The van der Waals surface area contributed by atoms with E-state index in [4.69, 9.17) is 5.73 Å². The largest absolute Gasteiger partial charge is 0.399 e. The average Bonchev–Trinajstić information content (AvgIpc) is 2.66. The first-order valence-corrected chi connectivity index (χ1v) is 5.18. The van der Waals surface area contributed by atoms with Gasteiger partial charge in [-0.1, -0.05) is 0 Å². The minimum atomic E-state index is 0.351. The van der Waals surface area contributed by atoms with E-state index in [1.54, 1.807) is 24.5 Å². The summed E-state index contributed by atoms with van der Waals surface area (Å²) in [4.78, 5) is 4.16. The van der Waals surface area contributed by atoms with Gasteiger partial charge in [0.2, 0.25) is 0 Å². The number of anilines is 3. The Morgan fingerprint density at radius 1 is 1.44 bits per heavy atom. The number of nitrogens with one attached hydrogen (secondary N) is 1. The highest BCUT2D eigenvalue weighted by Crippen LogP contribution is 2.16. The molecule has 5 heteroatoms. The van der Waals surface area contributed by atoms with Crippen molar-refractivity contribution in [3.05, 3.63) is 30.7 Å². The quantitative estimate of drug-likeness (QED) is 0.826. The summed E-state index contributed by atoms with van der Waals surface area (Å²) in [5, 5.41) is 7.37. The number of hydrogen-bond acceptors (Lipinski definition) is 4. The maximum atomic E-state index is 5.66. The van der Waals surface area contributed by atoms with Crippen molar-refractivity contribution in [2.45, 2.75) is 19.9 Å². The van der Waals surface area contributed by atoms with Crippen LogP contribution >= 0.6 is 0 Å². The van der Waals surface area contributed by atoms with Crippen molar-refractivity contribution in [1.82, 2.24) is 14.8 Å². The summed E-state index contributed by atoms with van der Waals surface area (Å²) in [5.74, 6) is 0.725. The molecule has 0 amide bonds. The monoisotopic (exact) mass is 217 g/mol. The van der Waals surface area contributed by atoms with Gasteiger partial charge in [0.15, 0.2) is 0 Å². The number of pyridine rings is 1. The molecule has 0 aromatic carbocycles. The smallest absolute Gasteiger partial charge is 0.132 e. The van der Waals surface area contributed by atoms with Crippen LogP contribution < -0.4 is 11.1 Å². The minimum Gasteiger partial charge on any atom is -0.399 e. The van der Waals surface area contributed by atoms with Crippen LogP contribution in [-0.4, -0.2) is 14.8 Å². The molecule has 16 heavy (non-hydrogen) atoms. The summed E-state index contributed by atoms with van der Waals surface area (Å²) in [7, 11) is 0. The normalized spacial score (nSPS) is 10.7. The summed E-state index contributed by atoms with van der Waals surface area (Å²) in [6, 6.07) is 3.89. The molecule has 0 radical (unpaired) electrons. The van der Waals surface area contributed by atoms with Crippen LogP contribution in [0.3, 0.4) is 0 Å². The Morgan fingerprint density at radius 2 is 2.25 bits per heavy atom. The lowest BCUT2D eigenvalue weighted by Crippen LogP contribution is -2.00. The van der Waals surface area contributed by atoms with Crippen molar-refractivity contribution in [2.24, 2.45) is 0 Å². The van der Waals surface area contributed by atoms with Crippen LogP contribution in [0.4, 0.5) is 17.2 Å². The topological polar surface area (TPSA) is 68.8 Å². The van der Waals surface area contributed by atoms with Gasteiger partial charge in [-0.25, -0.2) is 4.98 Å². The highest BCUT2D eigenvalue weighted by molar-refractivity contribution is 5.58. The van der Waals surface area contributed by atoms with Crippen LogP contribution in [0.25, 0.3) is 0 Å². The van der Waals surface area contributed by atoms with Gasteiger partial charge >= 0.3 is 0 Å². The molecule has 84 valence electrons. The van der Waals surface area contributed by atoms with Crippen molar-refractivity contribution < 1.29 is 0 Å². The summed E-state index contributed by atoms with van der Waals surface area (Å²) in [6.45, 7) is 4.16. The molecule has 0 aliphatic heterocycles. The van der Waals surface area contributed by atoms with Crippen molar-refractivity contribution in [2.75, 3.05) is 11.1 Å². The predicted octanol–water partition coefficient (Wildman–Crippen LogP) is 2.18. The number of aromatic nitrogens is 3. The van der Waals surface area contributed by atoms with E-state index in [9.17, 15) is 0 Å². The molecule has 5 nitrogen and oxygen atoms in total. The second-order valence-electron chi connectivity index (χ2n) is 3.90. The Balaban J connectivity index is 2.14. The second kappa shape index (κ2) is 4.22. The molecule has 0 fully saturated rings. The fraction of sp³-hybridized carbons (Fsp3) is 0.273. The maximum absolute atomic E-state index is 5.66. The zero-order valence-electron chi connectivity index (χ0n) is 9.38. The van der Waals surface area contributed by atoms with E-state index in [1.807, 2.05) is 10.9 Å². The van der Waals surface area contributed by atoms with Crippen molar-refractivity contribution >= 4 is 17.2 Å². The molecule has 3 N–H and O–H groups in total. The molecule has 2 aromatic rings. The lowest BCUT2D eigenvalue weighted by molar-refractivity contribution is 0.532. The lowest BCUT2D eigenvalue weighted by Gasteiger charge is -2.04. The molecule has 2 aromatic heterocycles. The third kappa shape index (κ3) is 2.31. The molecule has 2 heterocycles. The fourth-order valence-corrected chi connectivity index (χ4v) is 1.35. The summed E-state index contributed by atoms with van der Waals surface area (Å²) in [6.07, 6.45) is 5.38. The Labute approximate surface area is 94.3 Å². The van der Waals surface area contributed by atoms with Crippen LogP contribution in [0, 0.1) is 0 Å². The van der Waals surface area contributed by atoms with Gasteiger partial charge in [-0.15, -0.1) is 0 Å². The molecule has 0 spiro atoms. The van der Waals surface area contributed by atoms with Gasteiger partial charge in [0.25, 0.3) is 0 Å². The predicted molar refractivity (Wildman–Crippen MR) is 64.5 cm³/mol. The van der Waals surface area contributed by atoms with E-state index < -0.39 is 0 Å². The molecule has 0 unspecified atom stereocenters. The zero-order valence-corrected chi connectivity index (χ0v) is 9.38. The summed E-state index contributed by atoms with van der Waals surface area (Å²) < 4.78 is 1.88. The Morgan fingerprint density at radius 3 is 2.88 bits per heavy atom. The van der Waals surface area contributed by atoms with Gasteiger partial charge in [-0.05, 0) is 19.9 Å². The van der Waals surface area contributed by atoms with E-state index >= 15 is 0 Å². The molecule has 0 saturated heterocycles. The zero-order chi connectivity index (χ0) is 11.5. The maximum Gasteiger partial charge on any atom is 0.132 e. The number of nitrogens with two attached hydrogens (primary N) is 1. The Kier molecular flexibility index (Phi) is 2.76. The van der Waals surface area contributed by atoms with Crippen LogP contribution in [-0.2, 0) is 0 Å². The van der Waals surface area contributed by atoms with E-state index in [-0.39, 0.29) is 0 Å². The first-order valence-electron chi connectivity index (χ1n) is 5.18. The minimum absolute atomic E-state index is 0.351. The van der Waals surface area contributed by atoms with Crippen molar-refractivity contribution in [3.63, 3.8) is 0 Å². The third-order valence-electron chi connectivity index (χ3n) is 2.19. The van der Waals surface area contributed by atoms with Crippen LogP contribution in [0.5, 0.6) is 0 Å². The molecule has 0 saturated carbocycles. The second-order valence-corrected chi connectivity index (χ2v) is 3.90. The number of hydrogen-bond donors (Lipinski definition) is 2. The Bertz CT molecular complexity index is 475. The van der Waals surface area contributed by atoms with Crippen LogP contribution in [0.2, 0.25) is 0 Å². The van der Waals surface area contributed by atoms with Gasteiger partial charge in [0.05, 0.1) is 11.9 Å². The van der Waals surface area contributed by atoms with Crippen molar-refractivity contribution in [3.8, 4) is 0 Å². The average molecular weight is 217 g/mol. The van der Waals surface area contributed by atoms with Crippen LogP contribution in [0.15, 0.2) is 30.7 Å². The lowest BCUT2D eigenvalue weighted by atomic mass is 10.4. The van der Waals surface area contributed by atoms with E-state index in [0.717, 1.165) is 11.5 Å². The van der Waals surface area contributed by atoms with E-state index in [1.165, 1.54) is 0 Å². The van der Waals surface area contributed by atoms with Gasteiger partial charge in [0.1, 0.15) is 5.82 Å². The highest BCUT2D eigenvalue weighted by atomic mass is 15.3. The molecule has 2 rings (SSSR count). The highest BCUT2D eigenvalue weighted by Gasteiger charge is 2.02.